The zero-order valence-electron chi connectivity index (χ0n) is 13.8. The van der Waals surface area contributed by atoms with Gasteiger partial charge < -0.3 is 5.32 Å². The number of halogens is 1. The Morgan fingerprint density at radius 3 is 2.52 bits per heavy atom. The van der Waals surface area contributed by atoms with Crippen molar-refractivity contribution in [2.45, 2.75) is 24.0 Å². The maximum atomic E-state index is 12.4. The second-order valence-corrected chi connectivity index (χ2v) is 8.32. The van der Waals surface area contributed by atoms with Crippen molar-refractivity contribution in [2.24, 2.45) is 0 Å². The van der Waals surface area contributed by atoms with Gasteiger partial charge in [-0.15, -0.1) is 23.1 Å². The van der Waals surface area contributed by atoms with Crippen LogP contribution in [0.4, 0.5) is 5.13 Å². The summed E-state index contributed by atoms with van der Waals surface area (Å²) in [6, 6.07) is 15.7. The molecule has 0 bridgehead atoms. The summed E-state index contributed by atoms with van der Waals surface area (Å²) in [6.45, 7) is 3.94. The Balaban J connectivity index is 1.62. The Morgan fingerprint density at radius 2 is 1.84 bits per heavy atom. The highest BCUT2D eigenvalue weighted by Gasteiger charge is 2.16. The summed E-state index contributed by atoms with van der Waals surface area (Å²) in [4.78, 5) is 18.0. The molecule has 128 valence electrons. The molecule has 0 fully saturated rings. The largest absolute Gasteiger partial charge is 0.301 e. The number of thioether (sulfide) groups is 1. The fourth-order valence-electron chi connectivity index (χ4n) is 2.17. The van der Waals surface area contributed by atoms with Crippen LogP contribution in [0.25, 0.3) is 11.3 Å². The highest BCUT2D eigenvalue weighted by molar-refractivity contribution is 8.00. The van der Waals surface area contributed by atoms with Crippen LogP contribution in [0.3, 0.4) is 0 Å². The molecule has 3 nitrogen and oxygen atoms in total. The smallest absolute Gasteiger partial charge is 0.239 e. The van der Waals surface area contributed by atoms with Crippen molar-refractivity contribution in [2.75, 3.05) is 5.32 Å². The molecule has 2 aromatic carbocycles. The first-order valence-corrected chi connectivity index (χ1v) is 9.90. The quantitative estimate of drug-likeness (QED) is 0.554. The number of carbonyl (C=O) groups is 1. The lowest BCUT2D eigenvalue weighted by Gasteiger charge is -2.10. The number of amides is 1. The van der Waals surface area contributed by atoms with Gasteiger partial charge in [0.15, 0.2) is 5.13 Å². The summed E-state index contributed by atoms with van der Waals surface area (Å²) < 4.78 is 0. The van der Waals surface area contributed by atoms with Gasteiger partial charge in [-0.25, -0.2) is 4.98 Å². The number of nitrogens with zero attached hydrogens (tertiary/aromatic N) is 1. The molecule has 1 heterocycles. The van der Waals surface area contributed by atoms with Gasteiger partial charge in [-0.3, -0.25) is 4.79 Å². The third-order valence-corrected chi connectivity index (χ3v) is 5.70. The Morgan fingerprint density at radius 1 is 1.16 bits per heavy atom. The summed E-state index contributed by atoms with van der Waals surface area (Å²) in [5, 5.41) is 5.91. The molecule has 3 rings (SSSR count). The lowest BCUT2D eigenvalue weighted by Crippen LogP contribution is -2.22. The molecule has 25 heavy (non-hydrogen) atoms. The van der Waals surface area contributed by atoms with Gasteiger partial charge in [0.25, 0.3) is 0 Å². The van der Waals surface area contributed by atoms with Crippen LogP contribution in [0.5, 0.6) is 0 Å². The van der Waals surface area contributed by atoms with Crippen molar-refractivity contribution in [3.05, 3.63) is 64.5 Å². The first-order valence-electron chi connectivity index (χ1n) is 7.77. The predicted octanol–water partition coefficient (Wildman–Crippen LogP) is 5.89. The Hall–Kier alpha value is -1.82. The highest BCUT2D eigenvalue weighted by atomic mass is 35.5. The molecule has 6 heteroatoms. The van der Waals surface area contributed by atoms with Crippen molar-refractivity contribution in [3.8, 4) is 11.3 Å². The molecule has 1 unspecified atom stereocenters. The van der Waals surface area contributed by atoms with Crippen LogP contribution in [0, 0.1) is 6.92 Å². The minimum absolute atomic E-state index is 0.0532. The van der Waals surface area contributed by atoms with E-state index in [-0.39, 0.29) is 11.2 Å². The second-order valence-electron chi connectivity index (χ2n) is 5.61. The van der Waals surface area contributed by atoms with Crippen LogP contribution in [0.15, 0.2) is 58.8 Å². The Kier molecular flexibility index (Phi) is 5.78. The lowest BCUT2D eigenvalue weighted by atomic mass is 10.2. The summed E-state index contributed by atoms with van der Waals surface area (Å²) >= 11 is 8.86. The Bertz CT molecular complexity index is 860. The standard InChI is InChI=1S/C19H17ClN2OS2/c1-12-3-9-16(10-4-12)25-13(2)18(23)22-19-21-17(11-24-19)14-5-7-15(20)8-6-14/h3-11,13H,1-2H3,(H,21,22,23). The molecule has 0 aliphatic heterocycles. The number of hydrogen-bond donors (Lipinski definition) is 1. The van der Waals surface area contributed by atoms with Gasteiger partial charge in [-0.1, -0.05) is 41.4 Å². The Labute approximate surface area is 160 Å². The van der Waals surface area contributed by atoms with Gasteiger partial charge in [0, 0.05) is 20.9 Å². The van der Waals surface area contributed by atoms with Crippen molar-refractivity contribution in [3.63, 3.8) is 0 Å². The zero-order chi connectivity index (χ0) is 17.8. The monoisotopic (exact) mass is 388 g/mol. The average Bonchev–Trinajstić information content (AvgIpc) is 3.06. The van der Waals surface area contributed by atoms with Crippen molar-refractivity contribution < 1.29 is 4.79 Å². The van der Waals surface area contributed by atoms with E-state index in [1.165, 1.54) is 28.7 Å². The normalized spacial score (nSPS) is 12.0. The predicted molar refractivity (Wildman–Crippen MR) is 108 cm³/mol. The minimum Gasteiger partial charge on any atom is -0.301 e. The van der Waals surface area contributed by atoms with Crippen LogP contribution in [-0.2, 0) is 4.79 Å². The van der Waals surface area contributed by atoms with Gasteiger partial charge in [0.1, 0.15) is 0 Å². The molecule has 0 aliphatic carbocycles. The first kappa shape index (κ1) is 18.0. The van der Waals surface area contributed by atoms with Gasteiger partial charge >= 0.3 is 0 Å². The fraction of sp³-hybridized carbons (Fsp3) is 0.158. The molecule has 0 radical (unpaired) electrons. The van der Waals surface area contributed by atoms with E-state index in [1.807, 2.05) is 67.8 Å². The maximum Gasteiger partial charge on any atom is 0.239 e. The van der Waals surface area contributed by atoms with Gasteiger partial charge in [0.2, 0.25) is 5.91 Å². The van der Waals surface area contributed by atoms with Crippen LogP contribution in [0.1, 0.15) is 12.5 Å². The van der Waals surface area contributed by atoms with Crippen molar-refractivity contribution in [1.82, 2.24) is 4.98 Å². The van der Waals surface area contributed by atoms with E-state index in [0.29, 0.717) is 10.2 Å². The van der Waals surface area contributed by atoms with Crippen LogP contribution >= 0.6 is 34.7 Å². The van der Waals surface area contributed by atoms with E-state index in [9.17, 15) is 4.79 Å². The highest BCUT2D eigenvalue weighted by Crippen LogP contribution is 2.28. The number of aryl methyl sites for hydroxylation is 1. The van der Waals surface area contributed by atoms with Crippen LogP contribution in [-0.4, -0.2) is 16.1 Å². The number of hydrogen-bond acceptors (Lipinski definition) is 4. The van der Waals surface area contributed by atoms with E-state index >= 15 is 0 Å². The van der Waals surface area contributed by atoms with Crippen LogP contribution < -0.4 is 5.32 Å². The number of nitrogens with one attached hydrogen (secondary N) is 1. The average molecular weight is 389 g/mol. The summed E-state index contributed by atoms with van der Waals surface area (Å²) in [6.07, 6.45) is 0. The number of rotatable bonds is 5. The van der Waals surface area contributed by atoms with Gasteiger partial charge in [0.05, 0.1) is 10.9 Å². The number of anilines is 1. The third kappa shape index (κ3) is 4.84. The molecule has 1 amide bonds. The summed E-state index contributed by atoms with van der Waals surface area (Å²) in [5.41, 5.74) is 3.01. The summed E-state index contributed by atoms with van der Waals surface area (Å²) in [7, 11) is 0. The molecule has 0 saturated heterocycles. The maximum absolute atomic E-state index is 12.4. The molecule has 0 saturated carbocycles. The lowest BCUT2D eigenvalue weighted by molar-refractivity contribution is -0.115. The van der Waals surface area contributed by atoms with E-state index in [2.05, 4.69) is 10.3 Å². The molecule has 1 aromatic heterocycles. The van der Waals surface area contributed by atoms with E-state index in [0.717, 1.165) is 16.2 Å². The minimum atomic E-state index is -0.203. The van der Waals surface area contributed by atoms with Crippen molar-refractivity contribution in [1.29, 1.82) is 0 Å². The van der Waals surface area contributed by atoms with Gasteiger partial charge in [-0.05, 0) is 38.1 Å². The van der Waals surface area contributed by atoms with E-state index < -0.39 is 0 Å². The van der Waals surface area contributed by atoms with Crippen LogP contribution in [0.2, 0.25) is 5.02 Å². The third-order valence-electron chi connectivity index (χ3n) is 3.58. The molecule has 0 spiro atoms. The topological polar surface area (TPSA) is 42.0 Å². The number of thiazole rings is 1. The first-order chi connectivity index (χ1) is 12.0. The zero-order valence-corrected chi connectivity index (χ0v) is 16.2. The number of carbonyl (C=O) groups excluding carboxylic acids is 1. The molecule has 1 N–H and O–H groups in total. The molecule has 0 aliphatic rings. The number of benzene rings is 2. The summed E-state index contributed by atoms with van der Waals surface area (Å²) in [5.74, 6) is -0.0532. The fourth-order valence-corrected chi connectivity index (χ4v) is 3.88. The number of aromatic nitrogens is 1. The second kappa shape index (κ2) is 8.04. The molecule has 1 atom stereocenters. The molecular formula is C19H17ClN2OS2. The van der Waals surface area contributed by atoms with E-state index in [4.69, 9.17) is 11.6 Å². The van der Waals surface area contributed by atoms with Gasteiger partial charge in [-0.2, -0.15) is 0 Å². The molecule has 3 aromatic rings. The SMILES string of the molecule is Cc1ccc(SC(C)C(=O)Nc2nc(-c3ccc(Cl)cc3)cs2)cc1. The molecular weight excluding hydrogens is 372 g/mol. The van der Waals surface area contributed by atoms with E-state index in [1.54, 1.807) is 0 Å². The van der Waals surface area contributed by atoms with Crippen molar-refractivity contribution >= 4 is 45.7 Å².